The molecule has 11 heteroatoms. The summed E-state index contributed by atoms with van der Waals surface area (Å²) in [5.74, 6) is 1.81. The topological polar surface area (TPSA) is 146 Å². The number of phenolic OH excluding ortho intramolecular Hbond substituents is 1. The van der Waals surface area contributed by atoms with Gasteiger partial charge in [0.25, 0.3) is 0 Å². The Balaban J connectivity index is 1.16. The number of piperidine rings is 1. The number of anilines is 1. The minimum absolute atomic E-state index is 0.134. The van der Waals surface area contributed by atoms with Crippen LogP contribution in [0.1, 0.15) is 44.7 Å². The molecule has 3 aliphatic rings. The van der Waals surface area contributed by atoms with Gasteiger partial charge >= 0.3 is 6.09 Å². The van der Waals surface area contributed by atoms with Crippen molar-refractivity contribution in [2.45, 2.75) is 45.3 Å². The number of hydrogen-bond donors (Lipinski definition) is 4. The summed E-state index contributed by atoms with van der Waals surface area (Å²) in [7, 11) is 0. The van der Waals surface area contributed by atoms with Crippen molar-refractivity contribution in [3.63, 3.8) is 0 Å². The molecule has 2 aromatic rings. The van der Waals surface area contributed by atoms with Gasteiger partial charge in [0.1, 0.15) is 17.2 Å². The Morgan fingerprint density at radius 3 is 2.52 bits per heavy atom. The summed E-state index contributed by atoms with van der Waals surface area (Å²) in [5, 5.41) is 13.5. The zero-order valence-electron chi connectivity index (χ0n) is 24.7. The SMILES string of the molecule is CC(C)(C)OC(=O)N1CCC(/C=C/c2cnc(N3CCN4C(/C=C(\N)c5ccccc5O)=C(N)NCC4C3)nc2)CC1. The predicted molar refractivity (Wildman–Crippen MR) is 164 cm³/mol. The lowest BCUT2D eigenvalue weighted by molar-refractivity contribution is 0.0197. The Bertz CT molecular complexity index is 1360. The molecule has 42 heavy (non-hydrogen) atoms. The van der Waals surface area contributed by atoms with Gasteiger partial charge in [-0.1, -0.05) is 24.3 Å². The second-order valence-corrected chi connectivity index (χ2v) is 12.1. The highest BCUT2D eigenvalue weighted by atomic mass is 16.6. The lowest BCUT2D eigenvalue weighted by atomic mass is 9.96. The maximum Gasteiger partial charge on any atom is 0.410 e. The normalized spacial score (nSPS) is 20.5. The minimum Gasteiger partial charge on any atom is -0.507 e. The Hall–Kier alpha value is -4.41. The van der Waals surface area contributed by atoms with Gasteiger partial charge in [-0.2, -0.15) is 0 Å². The number of aromatic hydroxyl groups is 1. The number of para-hydroxylation sites is 1. The zero-order chi connectivity index (χ0) is 29.9. The lowest BCUT2D eigenvalue weighted by Gasteiger charge is -2.46. The largest absolute Gasteiger partial charge is 0.507 e. The summed E-state index contributed by atoms with van der Waals surface area (Å²) in [4.78, 5) is 27.9. The Morgan fingerprint density at radius 1 is 1.12 bits per heavy atom. The van der Waals surface area contributed by atoms with E-state index >= 15 is 0 Å². The monoisotopic (exact) mass is 574 g/mol. The number of aromatic nitrogens is 2. The third-order valence-electron chi connectivity index (χ3n) is 7.80. The number of piperazine rings is 1. The van der Waals surface area contributed by atoms with Crippen LogP contribution < -0.4 is 21.7 Å². The van der Waals surface area contributed by atoms with Crippen LogP contribution in [0.3, 0.4) is 0 Å². The highest BCUT2D eigenvalue weighted by Crippen LogP contribution is 2.28. The summed E-state index contributed by atoms with van der Waals surface area (Å²) in [5.41, 5.74) is 15.0. The molecule has 5 rings (SSSR count). The first-order valence-electron chi connectivity index (χ1n) is 14.6. The van der Waals surface area contributed by atoms with Gasteiger partial charge in [0, 0.05) is 68.5 Å². The summed E-state index contributed by atoms with van der Waals surface area (Å²) < 4.78 is 5.50. The van der Waals surface area contributed by atoms with Gasteiger partial charge in [0.2, 0.25) is 5.95 Å². The number of carbonyl (C=O) groups is 1. The molecule has 6 N–H and O–H groups in total. The fraction of sp³-hybridized carbons (Fsp3) is 0.452. The third-order valence-corrected chi connectivity index (χ3v) is 7.80. The Kier molecular flexibility index (Phi) is 8.46. The number of carbonyl (C=O) groups excluding carboxylic acids is 1. The molecule has 2 fully saturated rings. The van der Waals surface area contributed by atoms with Crippen molar-refractivity contribution in [3.05, 3.63) is 71.5 Å². The van der Waals surface area contributed by atoms with Crippen molar-refractivity contribution in [1.29, 1.82) is 0 Å². The molecule has 1 atom stereocenters. The molecule has 0 radical (unpaired) electrons. The number of ether oxygens (including phenoxy) is 1. The lowest BCUT2D eigenvalue weighted by Crippen LogP contribution is -2.59. The molecule has 4 heterocycles. The van der Waals surface area contributed by atoms with E-state index in [1.807, 2.05) is 45.3 Å². The van der Waals surface area contributed by atoms with Crippen LogP contribution in [-0.2, 0) is 4.74 Å². The van der Waals surface area contributed by atoms with Crippen LogP contribution in [-0.4, -0.2) is 81.9 Å². The molecule has 1 aromatic carbocycles. The number of nitrogens with zero attached hydrogens (tertiary/aromatic N) is 5. The molecular formula is C31H42N8O3. The third kappa shape index (κ3) is 6.89. The van der Waals surface area contributed by atoms with Gasteiger partial charge in [-0.05, 0) is 57.7 Å². The van der Waals surface area contributed by atoms with Crippen molar-refractivity contribution < 1.29 is 14.6 Å². The first kappa shape index (κ1) is 29.1. The molecule has 11 nitrogen and oxygen atoms in total. The Morgan fingerprint density at radius 2 is 1.83 bits per heavy atom. The van der Waals surface area contributed by atoms with Crippen molar-refractivity contribution in [2.24, 2.45) is 17.4 Å². The summed E-state index contributed by atoms with van der Waals surface area (Å²) in [6.07, 6.45) is 11.4. The molecule has 0 spiro atoms. The summed E-state index contributed by atoms with van der Waals surface area (Å²) >= 11 is 0. The smallest absolute Gasteiger partial charge is 0.410 e. The van der Waals surface area contributed by atoms with Crippen molar-refractivity contribution in [2.75, 3.05) is 44.2 Å². The van der Waals surface area contributed by atoms with E-state index in [4.69, 9.17) is 16.2 Å². The number of benzene rings is 1. The van der Waals surface area contributed by atoms with E-state index < -0.39 is 5.60 Å². The van der Waals surface area contributed by atoms with E-state index in [-0.39, 0.29) is 17.9 Å². The fourth-order valence-corrected chi connectivity index (χ4v) is 5.53. The van der Waals surface area contributed by atoms with Crippen LogP contribution in [0.2, 0.25) is 0 Å². The molecule has 0 bridgehead atoms. The number of nitrogens with two attached hydrogens (primary N) is 2. The van der Waals surface area contributed by atoms with Gasteiger partial charge < -0.3 is 41.3 Å². The van der Waals surface area contributed by atoms with Gasteiger partial charge in [-0.3, -0.25) is 0 Å². The van der Waals surface area contributed by atoms with Crippen molar-refractivity contribution in [3.8, 4) is 5.75 Å². The molecule has 1 amide bonds. The van der Waals surface area contributed by atoms with Crippen molar-refractivity contribution >= 4 is 23.8 Å². The standard InChI is InChI=1S/C31H42N8O3/c1-31(2,3)42-30(41)37-12-10-21(11-13-37)8-9-22-17-35-29(36-18-22)38-14-15-39-23(20-38)19-34-28(33)26(39)16-25(32)24-6-4-5-7-27(24)40/h4-9,16-18,21,23,34,40H,10-15,19-20,32-33H2,1-3H3/b9-8+,25-16-. The second kappa shape index (κ2) is 12.2. The zero-order valence-corrected chi connectivity index (χ0v) is 24.7. The molecule has 0 saturated carbocycles. The van der Waals surface area contributed by atoms with Crippen LogP contribution in [0.5, 0.6) is 5.75 Å². The van der Waals surface area contributed by atoms with E-state index in [0.717, 1.165) is 43.7 Å². The highest BCUT2D eigenvalue weighted by Gasteiger charge is 2.33. The number of likely N-dealkylation sites (tertiary alicyclic amines) is 1. The van der Waals surface area contributed by atoms with E-state index in [1.54, 1.807) is 23.1 Å². The average Bonchev–Trinajstić information content (AvgIpc) is 2.97. The number of hydrogen-bond acceptors (Lipinski definition) is 10. The van der Waals surface area contributed by atoms with Crippen LogP contribution >= 0.6 is 0 Å². The van der Waals surface area contributed by atoms with Crippen LogP contribution in [0, 0.1) is 5.92 Å². The quantitative estimate of drug-likeness (QED) is 0.420. The average molecular weight is 575 g/mol. The molecule has 1 aromatic heterocycles. The molecular weight excluding hydrogens is 532 g/mol. The number of phenols is 1. The molecule has 1 unspecified atom stereocenters. The number of nitrogens with one attached hydrogen (secondary N) is 1. The number of allylic oxidation sites excluding steroid dienone is 2. The number of amides is 1. The molecule has 3 aliphatic heterocycles. The van der Waals surface area contributed by atoms with Crippen LogP contribution in [0.15, 0.2) is 60.3 Å². The molecule has 224 valence electrons. The Labute approximate surface area is 247 Å². The summed E-state index contributed by atoms with van der Waals surface area (Å²) in [6.45, 7) is 9.97. The minimum atomic E-state index is -0.477. The van der Waals surface area contributed by atoms with Crippen molar-refractivity contribution in [1.82, 2.24) is 25.1 Å². The molecule has 2 saturated heterocycles. The first-order chi connectivity index (χ1) is 20.1. The number of rotatable bonds is 5. The van der Waals surface area contributed by atoms with E-state index in [1.165, 1.54) is 0 Å². The highest BCUT2D eigenvalue weighted by molar-refractivity contribution is 5.70. The predicted octanol–water partition coefficient (Wildman–Crippen LogP) is 3.06. The second-order valence-electron chi connectivity index (χ2n) is 12.1. The van der Waals surface area contributed by atoms with Crippen LogP contribution in [0.25, 0.3) is 11.8 Å². The van der Waals surface area contributed by atoms with E-state index in [0.29, 0.717) is 48.6 Å². The van der Waals surface area contributed by atoms with Gasteiger partial charge in [-0.25, -0.2) is 14.8 Å². The first-order valence-corrected chi connectivity index (χ1v) is 14.6. The van der Waals surface area contributed by atoms with Gasteiger partial charge in [0.15, 0.2) is 0 Å². The maximum atomic E-state index is 12.3. The molecule has 0 aliphatic carbocycles. The maximum absolute atomic E-state index is 12.3. The van der Waals surface area contributed by atoms with Crippen LogP contribution in [0.4, 0.5) is 10.7 Å². The number of fused-ring (bicyclic) bond motifs is 1. The van der Waals surface area contributed by atoms with Gasteiger partial charge in [0.05, 0.1) is 11.7 Å². The van der Waals surface area contributed by atoms with E-state index in [9.17, 15) is 9.90 Å². The summed E-state index contributed by atoms with van der Waals surface area (Å²) in [6, 6.07) is 7.17. The van der Waals surface area contributed by atoms with E-state index in [2.05, 4.69) is 37.2 Å². The van der Waals surface area contributed by atoms with Gasteiger partial charge in [-0.15, -0.1) is 0 Å². The fourth-order valence-electron chi connectivity index (χ4n) is 5.53.